The summed E-state index contributed by atoms with van der Waals surface area (Å²) in [5.41, 5.74) is 5.40. The van der Waals surface area contributed by atoms with Gasteiger partial charge in [-0.05, 0) is 19.4 Å². The summed E-state index contributed by atoms with van der Waals surface area (Å²) in [7, 11) is -3.01. The third-order valence-corrected chi connectivity index (χ3v) is 6.60. The summed E-state index contributed by atoms with van der Waals surface area (Å²) in [5.74, 6) is 2.07. The van der Waals surface area contributed by atoms with E-state index < -0.39 is 9.84 Å². The molecular weight excluding hydrogens is 286 g/mol. The molecule has 1 fully saturated rings. The van der Waals surface area contributed by atoms with Crippen LogP contribution in [0, 0.1) is 0 Å². The fourth-order valence-corrected chi connectivity index (χ4v) is 5.18. The molecule has 1 aliphatic rings. The molecule has 0 aliphatic carbocycles. The first-order chi connectivity index (χ1) is 9.01. The third kappa shape index (κ3) is 5.19. The van der Waals surface area contributed by atoms with Crippen LogP contribution < -0.4 is 5.73 Å². The molecule has 0 aromatic heterocycles. The van der Waals surface area contributed by atoms with Crippen molar-refractivity contribution < 1.29 is 13.6 Å². The van der Waals surface area contributed by atoms with E-state index >= 15 is 0 Å². The van der Waals surface area contributed by atoms with Crippen molar-refractivity contribution in [3.8, 4) is 0 Å². The number of rotatable bonds is 7. The van der Waals surface area contributed by atoms with Crippen molar-refractivity contribution in [2.24, 2.45) is 10.9 Å². The van der Waals surface area contributed by atoms with Crippen LogP contribution in [0.25, 0.3) is 0 Å². The quantitative estimate of drug-likeness (QED) is 0.236. The Bertz CT molecular complexity index is 398. The lowest BCUT2D eigenvalue weighted by Gasteiger charge is -2.34. The Morgan fingerprint density at radius 2 is 2.26 bits per heavy atom. The maximum Gasteiger partial charge on any atom is 0.166 e. The molecule has 1 saturated heterocycles. The second-order valence-corrected chi connectivity index (χ2v) is 8.16. The van der Waals surface area contributed by atoms with E-state index in [4.69, 9.17) is 10.9 Å². The van der Waals surface area contributed by atoms with E-state index in [2.05, 4.69) is 10.1 Å². The molecule has 19 heavy (non-hydrogen) atoms. The van der Waals surface area contributed by atoms with Gasteiger partial charge < -0.3 is 10.9 Å². The number of nitrogens with zero attached hydrogens (tertiary/aromatic N) is 2. The SMILES string of the molecule is CCS(=O)(=O)C1CSCCN1CCCCC(N)=NO. The van der Waals surface area contributed by atoms with Gasteiger partial charge in [0, 0.05) is 30.2 Å². The molecule has 0 aromatic carbocycles. The van der Waals surface area contributed by atoms with Crippen LogP contribution in [0.4, 0.5) is 0 Å². The Morgan fingerprint density at radius 3 is 2.89 bits per heavy atom. The fraction of sp³-hybridized carbons (Fsp3) is 0.909. The number of oxime groups is 1. The highest BCUT2D eigenvalue weighted by molar-refractivity contribution is 8.01. The minimum Gasteiger partial charge on any atom is -0.409 e. The van der Waals surface area contributed by atoms with Crippen molar-refractivity contribution in [1.29, 1.82) is 0 Å². The second-order valence-electron chi connectivity index (χ2n) is 4.57. The van der Waals surface area contributed by atoms with Crippen molar-refractivity contribution in [3.63, 3.8) is 0 Å². The van der Waals surface area contributed by atoms with Crippen LogP contribution in [-0.4, -0.2) is 60.1 Å². The maximum absolute atomic E-state index is 12.0. The maximum atomic E-state index is 12.0. The van der Waals surface area contributed by atoms with Crippen molar-refractivity contribution in [2.45, 2.75) is 31.6 Å². The predicted molar refractivity (Wildman–Crippen MR) is 79.4 cm³/mol. The third-order valence-electron chi connectivity index (χ3n) is 3.26. The van der Waals surface area contributed by atoms with Gasteiger partial charge in [-0.25, -0.2) is 8.42 Å². The van der Waals surface area contributed by atoms with Crippen LogP contribution in [0.5, 0.6) is 0 Å². The van der Waals surface area contributed by atoms with E-state index in [0.29, 0.717) is 12.2 Å². The molecule has 0 spiro atoms. The summed E-state index contributed by atoms with van der Waals surface area (Å²) in [6.07, 6.45) is 2.21. The highest BCUT2D eigenvalue weighted by atomic mass is 32.2. The highest BCUT2D eigenvalue weighted by Crippen LogP contribution is 2.21. The lowest BCUT2D eigenvalue weighted by atomic mass is 10.2. The van der Waals surface area contributed by atoms with Crippen molar-refractivity contribution in [3.05, 3.63) is 0 Å². The number of thioether (sulfide) groups is 1. The van der Waals surface area contributed by atoms with Crippen LogP contribution in [-0.2, 0) is 9.84 Å². The van der Waals surface area contributed by atoms with Gasteiger partial charge in [-0.2, -0.15) is 11.8 Å². The monoisotopic (exact) mass is 309 g/mol. The number of hydrogen-bond donors (Lipinski definition) is 2. The van der Waals surface area contributed by atoms with Gasteiger partial charge in [0.15, 0.2) is 9.84 Å². The van der Waals surface area contributed by atoms with Crippen molar-refractivity contribution >= 4 is 27.4 Å². The molecule has 3 N–H and O–H groups in total. The van der Waals surface area contributed by atoms with Gasteiger partial charge in [-0.3, -0.25) is 4.90 Å². The van der Waals surface area contributed by atoms with Crippen molar-refractivity contribution in [1.82, 2.24) is 4.90 Å². The van der Waals surface area contributed by atoms with E-state index in [0.717, 1.165) is 31.7 Å². The van der Waals surface area contributed by atoms with Gasteiger partial charge in [-0.1, -0.05) is 12.1 Å². The Balaban J connectivity index is 2.45. The smallest absolute Gasteiger partial charge is 0.166 e. The number of nitrogens with two attached hydrogens (primary N) is 1. The lowest BCUT2D eigenvalue weighted by molar-refractivity contribution is 0.264. The first kappa shape index (κ1) is 16.6. The van der Waals surface area contributed by atoms with Crippen LogP contribution in [0.1, 0.15) is 26.2 Å². The molecule has 6 nitrogen and oxygen atoms in total. The predicted octanol–water partition coefficient (Wildman–Crippen LogP) is 0.713. The van der Waals surface area contributed by atoms with Crippen molar-refractivity contribution in [2.75, 3.05) is 30.3 Å². The molecule has 1 unspecified atom stereocenters. The van der Waals surface area contributed by atoms with Crippen LogP contribution >= 0.6 is 11.8 Å². The zero-order valence-electron chi connectivity index (χ0n) is 11.3. The standard InChI is InChI=1S/C11H23N3O3S2/c1-2-19(16,17)11-9-18-8-7-14(11)6-4-3-5-10(12)13-15/h11,15H,2-9H2,1H3,(H2,12,13). The molecular formula is C11H23N3O3S2. The van der Waals surface area contributed by atoms with E-state index in [-0.39, 0.29) is 17.0 Å². The topological polar surface area (TPSA) is 96.0 Å². The molecule has 0 bridgehead atoms. The Hall–Kier alpha value is -0.470. The molecule has 0 saturated carbocycles. The molecule has 1 atom stereocenters. The zero-order chi connectivity index (χ0) is 14.3. The summed E-state index contributed by atoms with van der Waals surface area (Å²) in [6, 6.07) is 0. The average molecular weight is 309 g/mol. The van der Waals surface area contributed by atoms with Crippen LogP contribution in [0.2, 0.25) is 0 Å². The summed E-state index contributed by atoms with van der Waals surface area (Å²) in [6.45, 7) is 3.27. The molecule has 112 valence electrons. The minimum atomic E-state index is -3.01. The van der Waals surface area contributed by atoms with E-state index in [1.54, 1.807) is 18.7 Å². The van der Waals surface area contributed by atoms with Gasteiger partial charge in [0.05, 0.1) is 0 Å². The van der Waals surface area contributed by atoms with Gasteiger partial charge in [-0.15, -0.1) is 0 Å². The summed E-state index contributed by atoms with van der Waals surface area (Å²) in [4.78, 5) is 2.06. The average Bonchev–Trinajstić information content (AvgIpc) is 2.43. The van der Waals surface area contributed by atoms with E-state index in [1.165, 1.54) is 0 Å². The first-order valence-corrected chi connectivity index (χ1v) is 9.38. The molecule has 1 rings (SSSR count). The Labute approximate surface area is 119 Å². The largest absolute Gasteiger partial charge is 0.409 e. The molecule has 0 radical (unpaired) electrons. The number of hydrogen-bond acceptors (Lipinski definition) is 6. The first-order valence-electron chi connectivity index (χ1n) is 6.51. The van der Waals surface area contributed by atoms with Gasteiger partial charge >= 0.3 is 0 Å². The van der Waals surface area contributed by atoms with Gasteiger partial charge in [0.2, 0.25) is 0 Å². The van der Waals surface area contributed by atoms with Crippen LogP contribution in [0.15, 0.2) is 5.16 Å². The Morgan fingerprint density at radius 1 is 1.53 bits per heavy atom. The van der Waals surface area contributed by atoms with Gasteiger partial charge in [0.25, 0.3) is 0 Å². The normalized spacial score (nSPS) is 22.6. The summed E-state index contributed by atoms with van der Waals surface area (Å²) < 4.78 is 24.0. The number of amidine groups is 1. The van der Waals surface area contributed by atoms with Crippen LogP contribution in [0.3, 0.4) is 0 Å². The summed E-state index contributed by atoms with van der Waals surface area (Å²) >= 11 is 1.70. The molecule has 0 aromatic rings. The molecule has 8 heteroatoms. The highest BCUT2D eigenvalue weighted by Gasteiger charge is 2.32. The fourth-order valence-electron chi connectivity index (χ4n) is 2.07. The number of sulfone groups is 1. The van der Waals surface area contributed by atoms with E-state index in [1.807, 2.05) is 0 Å². The molecule has 0 amide bonds. The second kappa shape index (κ2) is 7.96. The number of unbranched alkanes of at least 4 members (excludes halogenated alkanes) is 1. The minimum absolute atomic E-state index is 0.193. The molecule has 1 aliphatic heterocycles. The van der Waals surface area contributed by atoms with E-state index in [9.17, 15) is 8.42 Å². The summed E-state index contributed by atoms with van der Waals surface area (Å²) in [5, 5.41) is 11.0. The lowest BCUT2D eigenvalue weighted by Crippen LogP contribution is -2.48. The molecule has 1 heterocycles. The Kier molecular flexibility index (Phi) is 6.95. The van der Waals surface area contributed by atoms with Gasteiger partial charge in [0.1, 0.15) is 11.2 Å². The zero-order valence-corrected chi connectivity index (χ0v) is 12.9.